The number of anilines is 1. The Hall–Kier alpha value is -3.36. The van der Waals surface area contributed by atoms with Crippen molar-refractivity contribution in [1.82, 2.24) is 4.31 Å². The van der Waals surface area contributed by atoms with Gasteiger partial charge in [-0.3, -0.25) is 4.79 Å². The standard InChI is InChI=1S/C27H28N2O5S/c1-18-13-14-23-22(15-18)28-27(30)21-16-26(35(31,32)29(2)19-9-5-3-6-10-19)25(17-24(21)34-23)33-20-11-7-4-8-12-20/h4,7-8,11-17,19H,3,5-6,9-10H2,1-2H3,(H,28,30). The van der Waals surface area contributed by atoms with E-state index < -0.39 is 15.9 Å². The predicted octanol–water partition coefficient (Wildman–Crippen LogP) is 6.10. The number of benzene rings is 3. The van der Waals surface area contributed by atoms with E-state index in [0.717, 1.165) is 37.7 Å². The third-order valence-corrected chi connectivity index (χ3v) is 8.54. The van der Waals surface area contributed by atoms with Gasteiger partial charge in [-0.05, 0) is 55.7 Å². The summed E-state index contributed by atoms with van der Waals surface area (Å²) < 4.78 is 41.3. The molecule has 35 heavy (non-hydrogen) atoms. The highest BCUT2D eigenvalue weighted by atomic mass is 32.2. The Morgan fingerprint density at radius 3 is 2.46 bits per heavy atom. The molecule has 1 heterocycles. The van der Waals surface area contributed by atoms with Crippen LogP contribution in [0.5, 0.6) is 23.0 Å². The SMILES string of the molecule is Cc1ccc2c(c1)NC(=O)c1cc(S(=O)(=O)N(C)C3CCCCC3)c(Oc3ccccc3)cc1O2. The molecule has 3 aromatic rings. The van der Waals surface area contributed by atoms with E-state index in [4.69, 9.17) is 9.47 Å². The zero-order chi connectivity index (χ0) is 24.6. The maximum atomic E-state index is 13.9. The number of carbonyl (C=O) groups excluding carboxylic acids is 1. The van der Waals surface area contributed by atoms with Gasteiger partial charge in [0.15, 0.2) is 11.5 Å². The van der Waals surface area contributed by atoms with Crippen molar-refractivity contribution in [2.24, 2.45) is 0 Å². The number of carbonyl (C=O) groups is 1. The Morgan fingerprint density at radius 2 is 1.71 bits per heavy atom. The second-order valence-electron chi connectivity index (χ2n) is 9.08. The van der Waals surface area contributed by atoms with Crippen LogP contribution in [0.25, 0.3) is 0 Å². The van der Waals surface area contributed by atoms with E-state index in [1.807, 2.05) is 37.3 Å². The summed E-state index contributed by atoms with van der Waals surface area (Å²) >= 11 is 0. The second kappa shape index (κ2) is 9.36. The molecule has 5 rings (SSSR count). The summed E-state index contributed by atoms with van der Waals surface area (Å²) in [4.78, 5) is 13.1. The van der Waals surface area contributed by atoms with Gasteiger partial charge < -0.3 is 14.8 Å². The number of nitrogens with zero attached hydrogens (tertiary/aromatic N) is 1. The van der Waals surface area contributed by atoms with E-state index >= 15 is 0 Å². The summed E-state index contributed by atoms with van der Waals surface area (Å²) in [7, 11) is -2.35. The summed E-state index contributed by atoms with van der Waals surface area (Å²) in [6.45, 7) is 1.92. The Kier molecular flexibility index (Phi) is 6.25. The van der Waals surface area contributed by atoms with Crippen molar-refractivity contribution in [3.63, 3.8) is 0 Å². The summed E-state index contributed by atoms with van der Waals surface area (Å²) in [5, 5.41) is 2.85. The number of ether oxygens (including phenoxy) is 2. The Balaban J connectivity index is 1.63. The first-order valence-corrected chi connectivity index (χ1v) is 13.3. The van der Waals surface area contributed by atoms with Crippen molar-refractivity contribution in [2.45, 2.75) is 50.0 Å². The van der Waals surface area contributed by atoms with Gasteiger partial charge in [-0.15, -0.1) is 0 Å². The summed E-state index contributed by atoms with van der Waals surface area (Å²) in [5.41, 5.74) is 1.62. The number of fused-ring (bicyclic) bond motifs is 2. The van der Waals surface area contributed by atoms with Gasteiger partial charge in [0.1, 0.15) is 16.4 Å². The van der Waals surface area contributed by atoms with Crippen molar-refractivity contribution in [2.75, 3.05) is 12.4 Å². The van der Waals surface area contributed by atoms with Gasteiger partial charge in [-0.1, -0.05) is 43.5 Å². The molecule has 7 nitrogen and oxygen atoms in total. The van der Waals surface area contributed by atoms with Crippen LogP contribution in [0.3, 0.4) is 0 Å². The lowest BCUT2D eigenvalue weighted by Gasteiger charge is -2.31. The number of nitrogens with one attached hydrogen (secondary N) is 1. The molecule has 0 unspecified atom stereocenters. The second-order valence-corrected chi connectivity index (χ2v) is 11.0. The minimum absolute atomic E-state index is 0.0611. The lowest BCUT2D eigenvalue weighted by molar-refractivity contribution is 0.102. The zero-order valence-corrected chi connectivity index (χ0v) is 20.6. The number of hydrogen-bond acceptors (Lipinski definition) is 5. The van der Waals surface area contributed by atoms with Crippen LogP contribution in [-0.4, -0.2) is 31.7 Å². The number of aryl methyl sites for hydroxylation is 1. The molecule has 0 radical (unpaired) electrons. The van der Waals surface area contributed by atoms with E-state index in [9.17, 15) is 13.2 Å². The Bertz CT molecular complexity index is 1370. The molecule has 1 saturated carbocycles. The lowest BCUT2D eigenvalue weighted by Crippen LogP contribution is -2.38. The van der Waals surface area contributed by atoms with Gasteiger partial charge in [-0.2, -0.15) is 4.31 Å². The molecule has 0 saturated heterocycles. The van der Waals surface area contributed by atoms with Crippen molar-refractivity contribution in [3.05, 3.63) is 71.8 Å². The normalized spacial score (nSPS) is 16.0. The highest BCUT2D eigenvalue weighted by molar-refractivity contribution is 7.89. The first-order chi connectivity index (χ1) is 16.8. The van der Waals surface area contributed by atoms with Crippen LogP contribution in [0.2, 0.25) is 0 Å². The number of rotatable bonds is 5. The summed E-state index contributed by atoms with van der Waals surface area (Å²) in [6, 6.07) is 17.2. The predicted molar refractivity (Wildman–Crippen MR) is 134 cm³/mol. The lowest BCUT2D eigenvalue weighted by atomic mass is 9.96. The molecule has 0 spiro atoms. The average Bonchev–Trinajstić information content (AvgIpc) is 2.99. The smallest absolute Gasteiger partial charge is 0.259 e. The molecule has 1 fully saturated rings. The minimum atomic E-state index is -3.96. The maximum Gasteiger partial charge on any atom is 0.259 e. The van der Waals surface area contributed by atoms with Gasteiger partial charge in [0, 0.05) is 19.2 Å². The van der Waals surface area contributed by atoms with E-state index in [1.165, 1.54) is 16.4 Å². The Labute approximate surface area is 205 Å². The van der Waals surface area contributed by atoms with Gasteiger partial charge in [-0.25, -0.2) is 8.42 Å². The molecular weight excluding hydrogens is 464 g/mol. The summed E-state index contributed by atoms with van der Waals surface area (Å²) in [6.07, 6.45) is 4.73. The van der Waals surface area contributed by atoms with Crippen molar-refractivity contribution in [1.29, 1.82) is 0 Å². The molecule has 182 valence electrons. The van der Waals surface area contributed by atoms with Crippen LogP contribution in [0.4, 0.5) is 5.69 Å². The molecule has 0 atom stereocenters. The molecule has 0 bridgehead atoms. The van der Waals surface area contributed by atoms with Gasteiger partial charge in [0.2, 0.25) is 10.0 Å². The molecule has 8 heteroatoms. The molecule has 1 aliphatic carbocycles. The first kappa shape index (κ1) is 23.4. The van der Waals surface area contributed by atoms with Gasteiger partial charge >= 0.3 is 0 Å². The molecule has 1 aliphatic heterocycles. The molecule has 1 N–H and O–H groups in total. The van der Waals surface area contributed by atoms with Crippen LogP contribution >= 0.6 is 0 Å². The largest absolute Gasteiger partial charge is 0.456 e. The number of para-hydroxylation sites is 1. The summed E-state index contributed by atoms with van der Waals surface area (Å²) in [5.74, 6) is 0.866. The molecule has 2 aliphatic rings. The van der Waals surface area contributed by atoms with Crippen molar-refractivity contribution in [3.8, 4) is 23.0 Å². The molecule has 0 aromatic heterocycles. The fourth-order valence-electron chi connectivity index (χ4n) is 4.63. The Morgan fingerprint density at radius 1 is 0.971 bits per heavy atom. The van der Waals surface area contributed by atoms with Crippen LogP contribution in [0.1, 0.15) is 48.0 Å². The van der Waals surface area contributed by atoms with E-state index in [2.05, 4.69) is 5.32 Å². The quantitative estimate of drug-likeness (QED) is 0.465. The highest BCUT2D eigenvalue weighted by Crippen LogP contribution is 2.42. The van der Waals surface area contributed by atoms with Gasteiger partial charge in [0.05, 0.1) is 11.3 Å². The zero-order valence-electron chi connectivity index (χ0n) is 19.8. The van der Waals surface area contributed by atoms with Crippen molar-refractivity contribution < 1.29 is 22.7 Å². The van der Waals surface area contributed by atoms with Crippen LogP contribution < -0.4 is 14.8 Å². The third kappa shape index (κ3) is 4.63. The van der Waals surface area contributed by atoms with Gasteiger partial charge in [0.25, 0.3) is 5.91 Å². The topological polar surface area (TPSA) is 84.9 Å². The van der Waals surface area contributed by atoms with E-state index in [1.54, 1.807) is 25.2 Å². The number of sulfonamides is 1. The highest BCUT2D eigenvalue weighted by Gasteiger charge is 2.34. The third-order valence-electron chi connectivity index (χ3n) is 6.61. The fraction of sp³-hybridized carbons (Fsp3) is 0.296. The fourth-order valence-corrected chi connectivity index (χ4v) is 6.17. The monoisotopic (exact) mass is 492 g/mol. The van der Waals surface area contributed by atoms with E-state index in [-0.39, 0.29) is 28.0 Å². The van der Waals surface area contributed by atoms with E-state index in [0.29, 0.717) is 17.2 Å². The van der Waals surface area contributed by atoms with Crippen LogP contribution in [0, 0.1) is 6.92 Å². The average molecular weight is 493 g/mol. The number of hydrogen-bond donors (Lipinski definition) is 1. The first-order valence-electron chi connectivity index (χ1n) is 11.8. The van der Waals surface area contributed by atoms with Crippen LogP contribution in [0.15, 0.2) is 65.6 Å². The number of amides is 1. The minimum Gasteiger partial charge on any atom is -0.456 e. The molecule has 3 aromatic carbocycles. The van der Waals surface area contributed by atoms with Crippen molar-refractivity contribution >= 4 is 21.6 Å². The maximum absolute atomic E-state index is 13.9. The molecular formula is C27H28N2O5S. The van der Waals surface area contributed by atoms with Crippen LogP contribution in [-0.2, 0) is 10.0 Å². The molecule has 1 amide bonds.